The zero-order valence-corrected chi connectivity index (χ0v) is 16.3. The zero-order valence-electron chi connectivity index (χ0n) is 14.0. The van der Waals surface area contributed by atoms with E-state index in [4.69, 9.17) is 4.74 Å². The van der Waals surface area contributed by atoms with Crippen molar-refractivity contribution in [2.24, 2.45) is 4.99 Å². The summed E-state index contributed by atoms with van der Waals surface area (Å²) in [5.74, 6) is 1.31. The van der Waals surface area contributed by atoms with E-state index in [2.05, 4.69) is 53.7 Å². The van der Waals surface area contributed by atoms with Gasteiger partial charge in [0.2, 0.25) is 0 Å². The number of halogens is 1. The number of hydrogen-bond donors (Lipinski definition) is 2. The number of rotatable bonds is 9. The van der Waals surface area contributed by atoms with E-state index in [0.29, 0.717) is 5.92 Å². The summed E-state index contributed by atoms with van der Waals surface area (Å²) >= 11 is 0. The second-order valence-electron chi connectivity index (χ2n) is 5.01. The summed E-state index contributed by atoms with van der Waals surface area (Å²) in [6.45, 7) is 10.4. The molecule has 0 fully saturated rings. The van der Waals surface area contributed by atoms with Crippen LogP contribution in [-0.4, -0.2) is 38.8 Å². The summed E-state index contributed by atoms with van der Waals surface area (Å²) in [4.78, 5) is 4.66. The molecule has 4 nitrogen and oxygen atoms in total. The highest BCUT2D eigenvalue weighted by atomic mass is 127. The highest BCUT2D eigenvalue weighted by Crippen LogP contribution is 2.14. The number of nitrogens with zero attached hydrogens (tertiary/aromatic N) is 1. The van der Waals surface area contributed by atoms with Crippen molar-refractivity contribution in [1.29, 1.82) is 0 Å². The Morgan fingerprint density at radius 1 is 1.18 bits per heavy atom. The van der Waals surface area contributed by atoms with E-state index in [9.17, 15) is 0 Å². The van der Waals surface area contributed by atoms with Crippen LogP contribution < -0.4 is 10.6 Å². The van der Waals surface area contributed by atoms with Crippen molar-refractivity contribution in [3.05, 3.63) is 35.9 Å². The van der Waals surface area contributed by atoms with Gasteiger partial charge in [-0.05, 0) is 25.8 Å². The van der Waals surface area contributed by atoms with Gasteiger partial charge in [-0.25, -0.2) is 0 Å². The predicted molar refractivity (Wildman–Crippen MR) is 105 cm³/mol. The van der Waals surface area contributed by atoms with E-state index in [1.165, 1.54) is 5.56 Å². The number of benzene rings is 1. The van der Waals surface area contributed by atoms with E-state index < -0.39 is 0 Å². The van der Waals surface area contributed by atoms with Gasteiger partial charge in [-0.15, -0.1) is 24.0 Å². The fourth-order valence-electron chi connectivity index (χ4n) is 1.98. The monoisotopic (exact) mass is 419 g/mol. The van der Waals surface area contributed by atoms with E-state index in [1.807, 2.05) is 13.0 Å². The normalized spacial score (nSPS) is 12.4. The minimum Gasteiger partial charge on any atom is -0.382 e. The summed E-state index contributed by atoms with van der Waals surface area (Å²) in [6, 6.07) is 10.5. The molecule has 126 valence electrons. The molecule has 1 aromatic carbocycles. The van der Waals surface area contributed by atoms with Crippen LogP contribution in [0.3, 0.4) is 0 Å². The molecule has 0 bridgehead atoms. The number of aliphatic imine (C=N–C) groups is 1. The van der Waals surface area contributed by atoms with Crippen molar-refractivity contribution in [3.8, 4) is 0 Å². The van der Waals surface area contributed by atoms with Gasteiger partial charge in [0.15, 0.2) is 5.96 Å². The fourth-order valence-corrected chi connectivity index (χ4v) is 1.98. The molecule has 0 amide bonds. The maximum atomic E-state index is 5.33. The zero-order chi connectivity index (χ0) is 15.3. The molecule has 0 saturated carbocycles. The molecule has 0 aliphatic heterocycles. The van der Waals surface area contributed by atoms with Crippen LogP contribution in [0.2, 0.25) is 0 Å². The molecule has 5 heteroatoms. The van der Waals surface area contributed by atoms with Crippen LogP contribution in [-0.2, 0) is 4.74 Å². The summed E-state index contributed by atoms with van der Waals surface area (Å²) in [5.41, 5.74) is 1.33. The molecular formula is C17H30IN3O. The fraction of sp³-hybridized carbons (Fsp3) is 0.588. The Morgan fingerprint density at radius 3 is 2.55 bits per heavy atom. The minimum absolute atomic E-state index is 0. The molecule has 22 heavy (non-hydrogen) atoms. The first-order valence-corrected chi connectivity index (χ1v) is 7.92. The Hall–Kier alpha value is -0.820. The Kier molecular flexibility index (Phi) is 13.3. The van der Waals surface area contributed by atoms with Crippen LogP contribution in [0.1, 0.15) is 38.7 Å². The first kappa shape index (κ1) is 21.2. The second kappa shape index (κ2) is 13.8. The van der Waals surface area contributed by atoms with Crippen LogP contribution in [0, 0.1) is 0 Å². The summed E-state index contributed by atoms with van der Waals surface area (Å²) in [6.07, 6.45) is 0.993. The van der Waals surface area contributed by atoms with Crippen molar-refractivity contribution in [2.45, 2.75) is 33.1 Å². The third-order valence-corrected chi connectivity index (χ3v) is 3.20. The van der Waals surface area contributed by atoms with Gasteiger partial charge in [0.1, 0.15) is 0 Å². The molecule has 0 aromatic heterocycles. The van der Waals surface area contributed by atoms with Crippen LogP contribution in [0.25, 0.3) is 0 Å². The highest BCUT2D eigenvalue weighted by Gasteiger charge is 2.04. The quantitative estimate of drug-likeness (QED) is 0.279. The van der Waals surface area contributed by atoms with E-state index in [0.717, 1.165) is 45.2 Å². The average Bonchev–Trinajstić information content (AvgIpc) is 2.52. The van der Waals surface area contributed by atoms with Gasteiger partial charge in [-0.2, -0.15) is 0 Å². The minimum atomic E-state index is 0. The van der Waals surface area contributed by atoms with Crippen LogP contribution in [0.15, 0.2) is 35.3 Å². The lowest BCUT2D eigenvalue weighted by molar-refractivity contribution is 0.145. The molecule has 0 radical (unpaired) electrons. The molecule has 1 unspecified atom stereocenters. The topological polar surface area (TPSA) is 45.7 Å². The lowest BCUT2D eigenvalue weighted by Gasteiger charge is -2.13. The summed E-state index contributed by atoms with van der Waals surface area (Å²) in [5, 5.41) is 6.62. The third kappa shape index (κ3) is 9.25. The van der Waals surface area contributed by atoms with E-state index >= 15 is 0 Å². The average molecular weight is 419 g/mol. The van der Waals surface area contributed by atoms with Crippen molar-refractivity contribution < 1.29 is 4.74 Å². The van der Waals surface area contributed by atoms with Gasteiger partial charge >= 0.3 is 0 Å². The van der Waals surface area contributed by atoms with Gasteiger partial charge in [-0.3, -0.25) is 4.99 Å². The lowest BCUT2D eigenvalue weighted by atomic mass is 10.0. The predicted octanol–water partition coefficient (Wildman–Crippen LogP) is 3.39. The third-order valence-electron chi connectivity index (χ3n) is 3.20. The van der Waals surface area contributed by atoms with Crippen LogP contribution >= 0.6 is 24.0 Å². The SMILES string of the molecule is CCNC(=NCC(C)c1ccccc1)NCCCOCC.I. The molecule has 0 aliphatic rings. The smallest absolute Gasteiger partial charge is 0.191 e. The first-order valence-electron chi connectivity index (χ1n) is 7.92. The van der Waals surface area contributed by atoms with Crippen molar-refractivity contribution in [1.82, 2.24) is 10.6 Å². The Labute approximate surface area is 152 Å². The van der Waals surface area contributed by atoms with Crippen molar-refractivity contribution in [3.63, 3.8) is 0 Å². The van der Waals surface area contributed by atoms with Crippen LogP contribution in [0.5, 0.6) is 0 Å². The number of ether oxygens (including phenoxy) is 1. The molecule has 0 heterocycles. The van der Waals surface area contributed by atoms with Crippen molar-refractivity contribution >= 4 is 29.9 Å². The highest BCUT2D eigenvalue weighted by molar-refractivity contribution is 14.0. The Balaban J connectivity index is 0.00000441. The molecule has 1 atom stereocenters. The van der Waals surface area contributed by atoms with E-state index in [1.54, 1.807) is 0 Å². The van der Waals surface area contributed by atoms with Gasteiger partial charge in [0, 0.05) is 38.8 Å². The molecule has 1 rings (SSSR count). The number of nitrogens with one attached hydrogen (secondary N) is 2. The van der Waals surface area contributed by atoms with Crippen molar-refractivity contribution in [2.75, 3.05) is 32.8 Å². The maximum Gasteiger partial charge on any atom is 0.191 e. The molecule has 0 spiro atoms. The van der Waals surface area contributed by atoms with E-state index in [-0.39, 0.29) is 24.0 Å². The van der Waals surface area contributed by atoms with Gasteiger partial charge in [-0.1, -0.05) is 37.3 Å². The summed E-state index contributed by atoms with van der Waals surface area (Å²) in [7, 11) is 0. The van der Waals surface area contributed by atoms with Gasteiger partial charge < -0.3 is 15.4 Å². The molecule has 0 saturated heterocycles. The maximum absolute atomic E-state index is 5.33. The molecular weight excluding hydrogens is 389 g/mol. The van der Waals surface area contributed by atoms with Gasteiger partial charge in [0.05, 0.1) is 0 Å². The first-order chi connectivity index (χ1) is 10.3. The molecule has 1 aromatic rings. The van der Waals surface area contributed by atoms with Crippen LogP contribution in [0.4, 0.5) is 0 Å². The molecule has 0 aliphatic carbocycles. The number of hydrogen-bond acceptors (Lipinski definition) is 2. The molecule has 2 N–H and O–H groups in total. The largest absolute Gasteiger partial charge is 0.382 e. The number of guanidine groups is 1. The standard InChI is InChI=1S/C17H29N3O.HI/c1-4-18-17(19-12-9-13-21-5-2)20-14-15(3)16-10-7-6-8-11-16;/h6-8,10-11,15H,4-5,9,12-14H2,1-3H3,(H2,18,19,20);1H. The Bertz CT molecular complexity index is 398. The second-order valence-corrected chi connectivity index (χ2v) is 5.01. The van der Waals surface area contributed by atoms with Gasteiger partial charge in [0.25, 0.3) is 0 Å². The Morgan fingerprint density at radius 2 is 1.91 bits per heavy atom. The summed E-state index contributed by atoms with van der Waals surface area (Å²) < 4.78 is 5.33. The lowest BCUT2D eigenvalue weighted by Crippen LogP contribution is -2.38.